The van der Waals surface area contributed by atoms with E-state index in [-0.39, 0.29) is 11.8 Å². The van der Waals surface area contributed by atoms with Gasteiger partial charge in [0.1, 0.15) is 0 Å². The number of nitrogens with one attached hydrogen (secondary N) is 2. The molecule has 0 radical (unpaired) electrons. The summed E-state index contributed by atoms with van der Waals surface area (Å²) in [7, 11) is 0. The molecule has 2 N–H and O–H groups in total. The van der Waals surface area contributed by atoms with E-state index < -0.39 is 0 Å². The van der Waals surface area contributed by atoms with Gasteiger partial charge in [-0.1, -0.05) is 0 Å². The van der Waals surface area contributed by atoms with E-state index in [9.17, 15) is 9.59 Å². The molecule has 1 aromatic rings. The summed E-state index contributed by atoms with van der Waals surface area (Å²) in [5.41, 5.74) is 1.34. The molecule has 114 valence electrons. The number of urea groups is 1. The van der Waals surface area contributed by atoms with Crippen LogP contribution in [0.5, 0.6) is 0 Å². The van der Waals surface area contributed by atoms with Crippen LogP contribution in [0.1, 0.15) is 36.5 Å². The van der Waals surface area contributed by atoms with Crippen molar-refractivity contribution in [3.63, 3.8) is 0 Å². The molecule has 1 aliphatic rings. The molecular formula is C16H23N3O2. The van der Waals surface area contributed by atoms with Crippen molar-refractivity contribution in [3.05, 3.63) is 29.8 Å². The number of hydrogen-bond acceptors (Lipinski definition) is 3. The lowest BCUT2D eigenvalue weighted by Crippen LogP contribution is -2.31. The molecule has 0 unspecified atom stereocenters. The van der Waals surface area contributed by atoms with E-state index in [2.05, 4.69) is 15.5 Å². The van der Waals surface area contributed by atoms with Crippen LogP contribution in [0, 0.1) is 0 Å². The zero-order chi connectivity index (χ0) is 15.1. The van der Waals surface area contributed by atoms with Gasteiger partial charge >= 0.3 is 6.03 Å². The third kappa shape index (κ3) is 5.19. The van der Waals surface area contributed by atoms with Crippen molar-refractivity contribution in [1.82, 2.24) is 10.2 Å². The lowest BCUT2D eigenvalue weighted by molar-refractivity contribution is 0.101. The minimum absolute atomic E-state index is 0.0212. The Labute approximate surface area is 125 Å². The molecule has 2 amide bonds. The van der Waals surface area contributed by atoms with Crippen molar-refractivity contribution in [2.75, 3.05) is 31.5 Å². The van der Waals surface area contributed by atoms with E-state index in [4.69, 9.17) is 0 Å². The highest BCUT2D eigenvalue weighted by Gasteiger charge is 2.10. The minimum Gasteiger partial charge on any atom is -0.338 e. The van der Waals surface area contributed by atoms with Crippen LogP contribution < -0.4 is 10.6 Å². The number of hydrogen-bond donors (Lipinski definition) is 2. The van der Waals surface area contributed by atoms with Crippen LogP contribution in [0.2, 0.25) is 0 Å². The molecule has 5 nitrogen and oxygen atoms in total. The Bertz CT molecular complexity index is 479. The molecule has 1 heterocycles. The third-order valence-electron chi connectivity index (χ3n) is 3.68. The van der Waals surface area contributed by atoms with E-state index in [1.54, 1.807) is 24.3 Å². The predicted octanol–water partition coefficient (Wildman–Crippen LogP) is 2.50. The number of likely N-dealkylation sites (tertiary alicyclic amines) is 1. The molecule has 2 rings (SSSR count). The summed E-state index contributed by atoms with van der Waals surface area (Å²) in [5.74, 6) is 0.0212. The van der Waals surface area contributed by atoms with Gasteiger partial charge < -0.3 is 15.5 Å². The highest BCUT2D eigenvalue weighted by atomic mass is 16.2. The number of nitrogens with zero attached hydrogens (tertiary/aromatic N) is 1. The fourth-order valence-electron chi connectivity index (χ4n) is 2.47. The van der Waals surface area contributed by atoms with Gasteiger partial charge in [0.25, 0.3) is 0 Å². The maximum atomic E-state index is 11.7. The lowest BCUT2D eigenvalue weighted by Gasteiger charge is -2.14. The first-order valence-corrected chi connectivity index (χ1v) is 7.53. The van der Waals surface area contributed by atoms with Crippen molar-refractivity contribution in [3.8, 4) is 0 Å². The van der Waals surface area contributed by atoms with Crippen LogP contribution in [0.25, 0.3) is 0 Å². The Morgan fingerprint density at radius 3 is 2.43 bits per heavy atom. The fraction of sp³-hybridized carbons (Fsp3) is 0.500. The maximum absolute atomic E-state index is 11.7. The van der Waals surface area contributed by atoms with Gasteiger partial charge in [0.05, 0.1) is 0 Å². The molecule has 21 heavy (non-hydrogen) atoms. The number of carbonyl (C=O) groups is 2. The number of ketones is 1. The molecule has 1 saturated heterocycles. The van der Waals surface area contributed by atoms with Crippen molar-refractivity contribution in [1.29, 1.82) is 0 Å². The molecule has 0 aliphatic carbocycles. The monoisotopic (exact) mass is 289 g/mol. The molecule has 1 fully saturated rings. The maximum Gasteiger partial charge on any atom is 0.319 e. The minimum atomic E-state index is -0.202. The van der Waals surface area contributed by atoms with Gasteiger partial charge in [-0.2, -0.15) is 0 Å². The van der Waals surface area contributed by atoms with Crippen molar-refractivity contribution >= 4 is 17.5 Å². The van der Waals surface area contributed by atoms with Gasteiger partial charge in [-0.15, -0.1) is 0 Å². The fourth-order valence-corrected chi connectivity index (χ4v) is 2.47. The molecule has 0 atom stereocenters. The zero-order valence-electron chi connectivity index (χ0n) is 12.5. The SMILES string of the molecule is CC(=O)c1ccc(NC(=O)NCCCN2CCCC2)cc1. The second-order valence-electron chi connectivity index (χ2n) is 5.42. The van der Waals surface area contributed by atoms with Crippen LogP contribution in [0.4, 0.5) is 10.5 Å². The van der Waals surface area contributed by atoms with Crippen LogP contribution in [0.3, 0.4) is 0 Å². The Hall–Kier alpha value is -1.88. The Balaban J connectivity index is 1.65. The molecule has 0 bridgehead atoms. The number of anilines is 1. The molecule has 1 aromatic carbocycles. The largest absolute Gasteiger partial charge is 0.338 e. The molecule has 5 heteroatoms. The van der Waals surface area contributed by atoms with Crippen molar-refractivity contribution in [2.24, 2.45) is 0 Å². The molecule has 0 saturated carbocycles. The second kappa shape index (κ2) is 7.78. The first-order chi connectivity index (χ1) is 10.1. The average molecular weight is 289 g/mol. The van der Waals surface area contributed by atoms with Crippen LogP contribution in [-0.2, 0) is 0 Å². The molecule has 0 aromatic heterocycles. The Kier molecular flexibility index (Phi) is 5.75. The number of amides is 2. The number of rotatable bonds is 6. The first kappa shape index (κ1) is 15.5. The molecule has 1 aliphatic heterocycles. The summed E-state index contributed by atoms with van der Waals surface area (Å²) in [6, 6.07) is 6.70. The van der Waals surface area contributed by atoms with Crippen LogP contribution in [0.15, 0.2) is 24.3 Å². The van der Waals surface area contributed by atoms with E-state index in [1.165, 1.54) is 32.9 Å². The number of Topliss-reactive ketones (excluding diaryl/α,β-unsaturated/α-hetero) is 1. The van der Waals surface area contributed by atoms with Gasteiger partial charge in [0.2, 0.25) is 0 Å². The lowest BCUT2D eigenvalue weighted by atomic mass is 10.1. The van der Waals surface area contributed by atoms with Gasteiger partial charge in [0, 0.05) is 17.8 Å². The van der Waals surface area contributed by atoms with E-state index in [0.29, 0.717) is 17.8 Å². The van der Waals surface area contributed by atoms with E-state index in [1.807, 2.05) is 0 Å². The number of carbonyl (C=O) groups excluding carboxylic acids is 2. The topological polar surface area (TPSA) is 61.4 Å². The van der Waals surface area contributed by atoms with Gasteiger partial charge in [0.15, 0.2) is 5.78 Å². The van der Waals surface area contributed by atoms with Crippen molar-refractivity contribution < 1.29 is 9.59 Å². The summed E-state index contributed by atoms with van der Waals surface area (Å²) < 4.78 is 0. The zero-order valence-corrected chi connectivity index (χ0v) is 12.5. The normalized spacial score (nSPS) is 14.9. The van der Waals surface area contributed by atoms with Crippen LogP contribution >= 0.6 is 0 Å². The molecular weight excluding hydrogens is 266 g/mol. The summed E-state index contributed by atoms with van der Waals surface area (Å²) >= 11 is 0. The van der Waals surface area contributed by atoms with Gasteiger partial charge in [-0.05, 0) is 70.1 Å². The van der Waals surface area contributed by atoms with Gasteiger partial charge in [-0.3, -0.25) is 4.79 Å². The van der Waals surface area contributed by atoms with Crippen LogP contribution in [-0.4, -0.2) is 42.9 Å². The van der Waals surface area contributed by atoms with Crippen molar-refractivity contribution in [2.45, 2.75) is 26.2 Å². The third-order valence-corrected chi connectivity index (χ3v) is 3.68. The summed E-state index contributed by atoms with van der Waals surface area (Å²) in [6.45, 7) is 5.63. The standard InChI is InChI=1S/C16H23N3O2/c1-13(20)14-5-7-15(8-6-14)18-16(21)17-9-4-12-19-10-2-3-11-19/h5-8H,2-4,9-12H2,1H3,(H2,17,18,21). The quantitative estimate of drug-likeness (QED) is 0.625. The molecule has 0 spiro atoms. The summed E-state index contributed by atoms with van der Waals surface area (Å²) in [6.07, 6.45) is 3.56. The van der Waals surface area contributed by atoms with E-state index >= 15 is 0 Å². The first-order valence-electron chi connectivity index (χ1n) is 7.53. The number of benzene rings is 1. The second-order valence-corrected chi connectivity index (χ2v) is 5.42. The Morgan fingerprint density at radius 2 is 1.81 bits per heavy atom. The highest BCUT2D eigenvalue weighted by molar-refractivity contribution is 5.95. The highest BCUT2D eigenvalue weighted by Crippen LogP contribution is 2.10. The smallest absolute Gasteiger partial charge is 0.319 e. The predicted molar refractivity (Wildman–Crippen MR) is 83.8 cm³/mol. The average Bonchev–Trinajstić information content (AvgIpc) is 2.97. The summed E-state index contributed by atoms with van der Waals surface area (Å²) in [4.78, 5) is 25.3. The van der Waals surface area contributed by atoms with Gasteiger partial charge in [-0.25, -0.2) is 4.79 Å². The Morgan fingerprint density at radius 1 is 1.14 bits per heavy atom. The summed E-state index contributed by atoms with van der Waals surface area (Å²) in [5, 5.41) is 5.61. The van der Waals surface area contributed by atoms with E-state index in [0.717, 1.165) is 13.0 Å².